The maximum Gasteiger partial charge on any atom is 0.252 e. The molecule has 0 aliphatic heterocycles. The molecule has 4 heteroatoms. The number of rotatable bonds is 2. The van der Waals surface area contributed by atoms with Crippen molar-refractivity contribution in [2.45, 2.75) is 0 Å². The van der Waals surface area contributed by atoms with Gasteiger partial charge in [0, 0.05) is 5.02 Å². The summed E-state index contributed by atoms with van der Waals surface area (Å²) in [4.78, 5) is 11.1. The van der Waals surface area contributed by atoms with Crippen LogP contribution < -0.4 is 5.73 Å². The lowest BCUT2D eigenvalue weighted by molar-refractivity contribution is 0.0998. The third kappa shape index (κ3) is 2.40. The molecule has 1 amide bonds. The van der Waals surface area contributed by atoms with E-state index in [1.54, 1.807) is 24.3 Å². The first-order valence-electron chi connectivity index (χ1n) is 4.96. The molecule has 0 atom stereocenters. The van der Waals surface area contributed by atoms with Crippen LogP contribution in [0.5, 0.6) is 5.75 Å². The summed E-state index contributed by atoms with van der Waals surface area (Å²) in [5.74, 6) is -0.783. The smallest absolute Gasteiger partial charge is 0.252 e. The summed E-state index contributed by atoms with van der Waals surface area (Å²) in [6, 6.07) is 11.9. The Morgan fingerprint density at radius 1 is 1.12 bits per heavy atom. The number of primary amides is 1. The molecule has 0 fully saturated rings. The number of nitrogens with two attached hydrogens (primary N) is 1. The van der Waals surface area contributed by atoms with Crippen LogP contribution in [0, 0.1) is 0 Å². The first kappa shape index (κ1) is 11.5. The van der Waals surface area contributed by atoms with Crippen molar-refractivity contribution in [2.24, 2.45) is 5.73 Å². The quantitative estimate of drug-likeness (QED) is 0.857. The standard InChI is InChI=1S/C13H10ClNO2/c14-10-3-1-2-8(6-10)9-4-5-12(16)11(7-9)13(15)17/h1-7,16H,(H2,15,17). The average Bonchev–Trinajstić information content (AvgIpc) is 2.29. The van der Waals surface area contributed by atoms with Crippen LogP contribution in [0.4, 0.5) is 0 Å². The molecule has 0 bridgehead atoms. The monoisotopic (exact) mass is 247 g/mol. The highest BCUT2D eigenvalue weighted by molar-refractivity contribution is 6.30. The number of benzene rings is 2. The summed E-state index contributed by atoms with van der Waals surface area (Å²) >= 11 is 5.89. The normalized spacial score (nSPS) is 10.2. The fraction of sp³-hybridized carbons (Fsp3) is 0. The predicted molar refractivity (Wildman–Crippen MR) is 67.1 cm³/mol. The van der Waals surface area contributed by atoms with Crippen LogP contribution in [-0.4, -0.2) is 11.0 Å². The Morgan fingerprint density at radius 2 is 1.82 bits per heavy atom. The number of carbonyl (C=O) groups excluding carboxylic acids is 1. The van der Waals surface area contributed by atoms with Gasteiger partial charge in [0.1, 0.15) is 5.75 Å². The highest BCUT2D eigenvalue weighted by Crippen LogP contribution is 2.27. The van der Waals surface area contributed by atoms with E-state index in [9.17, 15) is 9.90 Å². The lowest BCUT2D eigenvalue weighted by Gasteiger charge is -2.05. The molecule has 86 valence electrons. The molecule has 0 unspecified atom stereocenters. The second kappa shape index (κ2) is 4.47. The minimum atomic E-state index is -0.661. The van der Waals surface area contributed by atoms with Gasteiger partial charge in [0.25, 0.3) is 5.91 Å². The van der Waals surface area contributed by atoms with Crippen molar-refractivity contribution in [1.82, 2.24) is 0 Å². The average molecular weight is 248 g/mol. The van der Waals surface area contributed by atoms with Crippen LogP contribution in [0.1, 0.15) is 10.4 Å². The summed E-state index contributed by atoms with van der Waals surface area (Å²) in [5.41, 5.74) is 6.90. The van der Waals surface area contributed by atoms with Crippen LogP contribution in [0.3, 0.4) is 0 Å². The van der Waals surface area contributed by atoms with E-state index in [0.717, 1.165) is 11.1 Å². The Balaban J connectivity index is 2.54. The first-order valence-corrected chi connectivity index (χ1v) is 5.34. The van der Waals surface area contributed by atoms with E-state index >= 15 is 0 Å². The molecule has 0 aliphatic rings. The van der Waals surface area contributed by atoms with Gasteiger partial charge in [0.15, 0.2) is 0 Å². The Kier molecular flexibility index (Phi) is 3.02. The van der Waals surface area contributed by atoms with Gasteiger partial charge in [-0.3, -0.25) is 4.79 Å². The van der Waals surface area contributed by atoms with E-state index in [4.69, 9.17) is 17.3 Å². The van der Waals surface area contributed by atoms with E-state index in [1.165, 1.54) is 6.07 Å². The molecule has 3 nitrogen and oxygen atoms in total. The van der Waals surface area contributed by atoms with Gasteiger partial charge in [0.05, 0.1) is 5.56 Å². The predicted octanol–water partition coefficient (Wildman–Crippen LogP) is 2.81. The number of halogens is 1. The van der Waals surface area contributed by atoms with Gasteiger partial charge in [0.2, 0.25) is 0 Å². The molecule has 2 aromatic rings. The second-order valence-corrected chi connectivity index (χ2v) is 4.04. The van der Waals surface area contributed by atoms with Crippen LogP contribution >= 0.6 is 11.6 Å². The SMILES string of the molecule is NC(=O)c1cc(-c2cccc(Cl)c2)ccc1O. The van der Waals surface area contributed by atoms with E-state index in [-0.39, 0.29) is 11.3 Å². The molecule has 0 aromatic heterocycles. The zero-order valence-electron chi connectivity index (χ0n) is 8.85. The molecule has 2 rings (SSSR count). The van der Waals surface area contributed by atoms with Gasteiger partial charge in [-0.1, -0.05) is 29.8 Å². The van der Waals surface area contributed by atoms with E-state index in [2.05, 4.69) is 0 Å². The molecular weight excluding hydrogens is 238 g/mol. The van der Waals surface area contributed by atoms with Crippen molar-refractivity contribution in [3.8, 4) is 16.9 Å². The van der Waals surface area contributed by atoms with Crippen LogP contribution in [0.15, 0.2) is 42.5 Å². The number of hydrogen-bond acceptors (Lipinski definition) is 2. The number of phenols is 1. The maximum absolute atomic E-state index is 11.1. The first-order chi connectivity index (χ1) is 8.08. The zero-order valence-corrected chi connectivity index (χ0v) is 9.61. The molecule has 0 aliphatic carbocycles. The van der Waals surface area contributed by atoms with Gasteiger partial charge < -0.3 is 10.8 Å². The summed E-state index contributed by atoms with van der Waals surface area (Å²) in [6.07, 6.45) is 0. The summed E-state index contributed by atoms with van der Waals surface area (Å²) in [7, 11) is 0. The third-order valence-corrected chi connectivity index (χ3v) is 2.66. The summed E-state index contributed by atoms with van der Waals surface area (Å²) in [6.45, 7) is 0. The lowest BCUT2D eigenvalue weighted by atomic mass is 10.0. The Hall–Kier alpha value is -2.00. The van der Waals surface area contributed by atoms with Gasteiger partial charge in [-0.05, 0) is 35.4 Å². The molecule has 3 N–H and O–H groups in total. The molecule has 0 spiro atoms. The topological polar surface area (TPSA) is 63.3 Å². The Labute approximate surface area is 103 Å². The zero-order chi connectivity index (χ0) is 12.4. The van der Waals surface area contributed by atoms with Crippen molar-refractivity contribution in [2.75, 3.05) is 0 Å². The molecule has 17 heavy (non-hydrogen) atoms. The highest BCUT2D eigenvalue weighted by Gasteiger charge is 2.09. The highest BCUT2D eigenvalue weighted by atomic mass is 35.5. The van der Waals surface area contributed by atoms with Gasteiger partial charge in [-0.25, -0.2) is 0 Å². The number of amides is 1. The summed E-state index contributed by atoms with van der Waals surface area (Å²) in [5, 5.41) is 10.1. The molecule has 2 aromatic carbocycles. The summed E-state index contributed by atoms with van der Waals surface area (Å²) < 4.78 is 0. The third-order valence-electron chi connectivity index (χ3n) is 2.42. The number of aromatic hydroxyl groups is 1. The Morgan fingerprint density at radius 3 is 2.47 bits per heavy atom. The van der Waals surface area contributed by atoms with Gasteiger partial charge >= 0.3 is 0 Å². The molecule has 0 saturated heterocycles. The fourth-order valence-corrected chi connectivity index (χ4v) is 1.77. The molecule has 0 radical (unpaired) electrons. The lowest BCUT2D eigenvalue weighted by Crippen LogP contribution is -2.11. The number of hydrogen-bond donors (Lipinski definition) is 2. The van der Waals surface area contributed by atoms with E-state index in [1.807, 2.05) is 12.1 Å². The second-order valence-electron chi connectivity index (χ2n) is 3.61. The van der Waals surface area contributed by atoms with Crippen molar-refractivity contribution >= 4 is 17.5 Å². The molecular formula is C13H10ClNO2. The van der Waals surface area contributed by atoms with Gasteiger partial charge in [-0.2, -0.15) is 0 Å². The maximum atomic E-state index is 11.1. The van der Waals surface area contributed by atoms with Crippen LogP contribution in [-0.2, 0) is 0 Å². The fourth-order valence-electron chi connectivity index (χ4n) is 1.58. The van der Waals surface area contributed by atoms with E-state index in [0.29, 0.717) is 5.02 Å². The largest absolute Gasteiger partial charge is 0.507 e. The van der Waals surface area contributed by atoms with Crippen molar-refractivity contribution < 1.29 is 9.90 Å². The molecule has 0 heterocycles. The van der Waals surface area contributed by atoms with E-state index < -0.39 is 5.91 Å². The minimum Gasteiger partial charge on any atom is -0.507 e. The van der Waals surface area contributed by atoms with Gasteiger partial charge in [-0.15, -0.1) is 0 Å². The van der Waals surface area contributed by atoms with Crippen molar-refractivity contribution in [3.05, 3.63) is 53.1 Å². The van der Waals surface area contributed by atoms with Crippen molar-refractivity contribution in [3.63, 3.8) is 0 Å². The van der Waals surface area contributed by atoms with Crippen LogP contribution in [0.2, 0.25) is 5.02 Å². The van der Waals surface area contributed by atoms with Crippen molar-refractivity contribution in [1.29, 1.82) is 0 Å². The molecule has 0 saturated carbocycles. The number of carbonyl (C=O) groups is 1. The minimum absolute atomic E-state index is 0.0995. The van der Waals surface area contributed by atoms with Crippen LogP contribution in [0.25, 0.3) is 11.1 Å². The Bertz CT molecular complexity index is 581.